The smallest absolute Gasteiger partial charge is 0.315 e. The van der Waals surface area contributed by atoms with Gasteiger partial charge >= 0.3 is 6.01 Å². The Kier molecular flexibility index (Phi) is 2.40. The Labute approximate surface area is 86.7 Å². The van der Waals surface area contributed by atoms with Crippen molar-refractivity contribution >= 4 is 6.01 Å². The van der Waals surface area contributed by atoms with Crippen LogP contribution in [0, 0.1) is 20.8 Å². The Morgan fingerprint density at radius 1 is 1.20 bits per heavy atom. The first-order chi connectivity index (χ1) is 7.16. The number of aromatic nitrogens is 3. The van der Waals surface area contributed by atoms with Crippen LogP contribution in [0.2, 0.25) is 0 Å². The highest BCUT2D eigenvalue weighted by Gasteiger charge is 2.09. The molecule has 2 rings (SSSR count). The van der Waals surface area contributed by atoms with Crippen LogP contribution in [0.25, 0.3) is 0 Å². The number of anilines is 1. The Morgan fingerprint density at radius 3 is 2.53 bits per heavy atom. The second kappa shape index (κ2) is 3.72. The van der Waals surface area contributed by atoms with E-state index in [0.29, 0.717) is 18.5 Å². The third kappa shape index (κ3) is 1.98. The van der Waals surface area contributed by atoms with Gasteiger partial charge < -0.3 is 14.3 Å². The highest BCUT2D eigenvalue weighted by atomic mass is 16.5. The third-order valence-corrected chi connectivity index (χ3v) is 2.12. The first-order valence-electron chi connectivity index (χ1n) is 4.62. The molecule has 0 saturated carbocycles. The van der Waals surface area contributed by atoms with Gasteiger partial charge in [-0.15, -0.1) is 5.10 Å². The maximum atomic E-state index is 5.18. The summed E-state index contributed by atoms with van der Waals surface area (Å²) < 4.78 is 10.2. The Morgan fingerprint density at radius 2 is 2.00 bits per heavy atom. The molecule has 0 amide bonds. The molecule has 2 heterocycles. The lowest BCUT2D eigenvalue weighted by molar-refractivity contribution is 0.392. The quantitative estimate of drug-likeness (QED) is 0.825. The van der Waals surface area contributed by atoms with E-state index in [-0.39, 0.29) is 0 Å². The van der Waals surface area contributed by atoms with Crippen LogP contribution in [0.4, 0.5) is 6.01 Å². The molecule has 15 heavy (non-hydrogen) atoms. The number of nitrogens with one attached hydrogen (secondary N) is 1. The zero-order chi connectivity index (χ0) is 10.8. The van der Waals surface area contributed by atoms with Gasteiger partial charge in [0.05, 0.1) is 5.69 Å². The van der Waals surface area contributed by atoms with E-state index in [0.717, 1.165) is 17.0 Å². The van der Waals surface area contributed by atoms with Crippen LogP contribution in [0.1, 0.15) is 22.9 Å². The van der Waals surface area contributed by atoms with E-state index in [1.807, 2.05) is 13.8 Å². The highest BCUT2D eigenvalue weighted by Crippen LogP contribution is 2.14. The maximum Gasteiger partial charge on any atom is 0.315 e. The number of hydrogen-bond donors (Lipinski definition) is 1. The van der Waals surface area contributed by atoms with Gasteiger partial charge in [0.25, 0.3) is 0 Å². The molecule has 0 saturated heterocycles. The summed E-state index contributed by atoms with van der Waals surface area (Å²) in [6.45, 7) is 6.08. The van der Waals surface area contributed by atoms with Crippen molar-refractivity contribution in [1.82, 2.24) is 15.4 Å². The van der Waals surface area contributed by atoms with Gasteiger partial charge in [0.1, 0.15) is 5.76 Å². The highest BCUT2D eigenvalue weighted by molar-refractivity contribution is 5.27. The minimum Gasteiger partial charge on any atom is -0.408 e. The average molecular weight is 208 g/mol. The van der Waals surface area contributed by atoms with Gasteiger partial charge in [0, 0.05) is 19.0 Å². The molecular weight excluding hydrogens is 196 g/mol. The van der Waals surface area contributed by atoms with Crippen molar-refractivity contribution in [2.75, 3.05) is 5.32 Å². The van der Waals surface area contributed by atoms with Crippen molar-refractivity contribution < 1.29 is 8.94 Å². The molecule has 0 atom stereocenters. The molecule has 0 aromatic carbocycles. The van der Waals surface area contributed by atoms with E-state index in [2.05, 4.69) is 20.7 Å². The predicted molar refractivity (Wildman–Crippen MR) is 52.3 cm³/mol. The van der Waals surface area contributed by atoms with Crippen molar-refractivity contribution in [3.63, 3.8) is 0 Å². The molecular formula is C9H12N4O2. The normalized spacial score (nSPS) is 10.6. The van der Waals surface area contributed by atoms with Gasteiger partial charge in [0.15, 0.2) is 0 Å². The molecule has 0 aliphatic heterocycles. The summed E-state index contributed by atoms with van der Waals surface area (Å²) >= 11 is 0. The van der Waals surface area contributed by atoms with Gasteiger partial charge in [-0.3, -0.25) is 0 Å². The second-order valence-electron chi connectivity index (χ2n) is 3.28. The molecule has 1 N–H and O–H groups in total. The predicted octanol–water partition coefficient (Wildman–Crippen LogP) is 1.59. The molecule has 80 valence electrons. The van der Waals surface area contributed by atoms with Crippen LogP contribution in [0.15, 0.2) is 8.94 Å². The molecule has 6 nitrogen and oxygen atoms in total. The van der Waals surface area contributed by atoms with Crippen molar-refractivity contribution in [2.24, 2.45) is 0 Å². The van der Waals surface area contributed by atoms with Crippen molar-refractivity contribution in [3.05, 3.63) is 22.9 Å². The van der Waals surface area contributed by atoms with Gasteiger partial charge in [0.2, 0.25) is 5.89 Å². The van der Waals surface area contributed by atoms with Gasteiger partial charge in [-0.2, -0.15) is 0 Å². The van der Waals surface area contributed by atoms with Crippen molar-refractivity contribution in [3.8, 4) is 0 Å². The standard InChI is InChI=1S/C9H12N4O2/c1-5-8(6(2)15-13-5)4-10-9-12-11-7(3)14-9/h4H2,1-3H3,(H,10,12). The first kappa shape index (κ1) is 9.70. The SMILES string of the molecule is Cc1nnc(NCc2c(C)noc2C)o1. The molecule has 2 aromatic heterocycles. The first-order valence-corrected chi connectivity index (χ1v) is 4.62. The summed E-state index contributed by atoms with van der Waals surface area (Å²) in [6.07, 6.45) is 0. The topological polar surface area (TPSA) is 77.0 Å². The average Bonchev–Trinajstić information content (AvgIpc) is 2.73. The van der Waals surface area contributed by atoms with E-state index in [1.54, 1.807) is 6.92 Å². The summed E-state index contributed by atoms with van der Waals surface area (Å²) in [5.74, 6) is 1.34. The van der Waals surface area contributed by atoms with Crippen LogP contribution >= 0.6 is 0 Å². The third-order valence-electron chi connectivity index (χ3n) is 2.12. The zero-order valence-electron chi connectivity index (χ0n) is 8.87. The summed E-state index contributed by atoms with van der Waals surface area (Å²) in [5, 5.41) is 14.4. The summed E-state index contributed by atoms with van der Waals surface area (Å²) in [7, 11) is 0. The fourth-order valence-electron chi connectivity index (χ4n) is 1.29. The summed E-state index contributed by atoms with van der Waals surface area (Å²) in [4.78, 5) is 0. The van der Waals surface area contributed by atoms with Gasteiger partial charge in [-0.25, -0.2) is 0 Å². The number of nitrogens with zero attached hydrogens (tertiary/aromatic N) is 3. The molecule has 2 aromatic rings. The molecule has 0 bridgehead atoms. The Balaban J connectivity index is 2.05. The molecule has 0 fully saturated rings. The largest absolute Gasteiger partial charge is 0.408 e. The van der Waals surface area contributed by atoms with Crippen LogP contribution < -0.4 is 5.32 Å². The number of aryl methyl sites for hydroxylation is 3. The minimum atomic E-state index is 0.410. The molecule has 0 spiro atoms. The number of hydrogen-bond acceptors (Lipinski definition) is 6. The van der Waals surface area contributed by atoms with E-state index >= 15 is 0 Å². The van der Waals surface area contributed by atoms with E-state index in [4.69, 9.17) is 8.94 Å². The van der Waals surface area contributed by atoms with Crippen molar-refractivity contribution in [2.45, 2.75) is 27.3 Å². The minimum absolute atomic E-state index is 0.410. The molecule has 6 heteroatoms. The fraction of sp³-hybridized carbons (Fsp3) is 0.444. The lowest BCUT2D eigenvalue weighted by Gasteiger charge is -1.99. The van der Waals surface area contributed by atoms with Crippen LogP contribution in [0.3, 0.4) is 0 Å². The van der Waals surface area contributed by atoms with Crippen LogP contribution in [-0.2, 0) is 6.54 Å². The molecule has 0 radical (unpaired) electrons. The van der Waals surface area contributed by atoms with Crippen LogP contribution in [-0.4, -0.2) is 15.4 Å². The van der Waals surface area contributed by atoms with Gasteiger partial charge in [-0.05, 0) is 13.8 Å². The van der Waals surface area contributed by atoms with Gasteiger partial charge in [-0.1, -0.05) is 10.3 Å². The Bertz CT molecular complexity index is 441. The second-order valence-corrected chi connectivity index (χ2v) is 3.28. The summed E-state index contributed by atoms with van der Waals surface area (Å²) in [6, 6.07) is 0.410. The summed E-state index contributed by atoms with van der Waals surface area (Å²) in [5.41, 5.74) is 1.89. The lowest BCUT2D eigenvalue weighted by Crippen LogP contribution is -2.01. The van der Waals surface area contributed by atoms with E-state index in [9.17, 15) is 0 Å². The van der Waals surface area contributed by atoms with E-state index in [1.165, 1.54) is 0 Å². The maximum absolute atomic E-state index is 5.18. The molecule has 0 aliphatic rings. The fourth-order valence-corrected chi connectivity index (χ4v) is 1.29. The van der Waals surface area contributed by atoms with Crippen LogP contribution in [0.5, 0.6) is 0 Å². The number of rotatable bonds is 3. The van der Waals surface area contributed by atoms with E-state index < -0.39 is 0 Å². The zero-order valence-corrected chi connectivity index (χ0v) is 8.87. The lowest BCUT2D eigenvalue weighted by atomic mass is 10.2. The molecule has 0 aliphatic carbocycles. The monoisotopic (exact) mass is 208 g/mol. The molecule has 0 unspecified atom stereocenters. The van der Waals surface area contributed by atoms with Crippen molar-refractivity contribution in [1.29, 1.82) is 0 Å². The Hall–Kier alpha value is -1.85.